The molecule has 7 nitrogen and oxygen atoms in total. The molecule has 3 rings (SSSR count). The Kier molecular flexibility index (Phi) is 7.63. The van der Waals surface area contributed by atoms with E-state index in [1.165, 1.54) is 0 Å². The number of para-hydroxylation sites is 2. The Morgan fingerprint density at radius 3 is 2.62 bits per heavy atom. The summed E-state index contributed by atoms with van der Waals surface area (Å²) >= 11 is 0. The number of ether oxygens (including phenoxy) is 1. The van der Waals surface area contributed by atoms with E-state index in [0.717, 1.165) is 54.9 Å². The molecule has 0 bridgehead atoms. The molecule has 1 aromatic heterocycles. The van der Waals surface area contributed by atoms with Crippen LogP contribution in [0.1, 0.15) is 25.2 Å². The van der Waals surface area contributed by atoms with E-state index in [4.69, 9.17) is 9.73 Å². The molecule has 0 aliphatic heterocycles. The Hall–Kier alpha value is -3.35. The molecule has 0 atom stereocenters. The average Bonchev–Trinajstić information content (AvgIpc) is 3.21. The fraction of sp³-hybridized carbons (Fsp3) is 0.318. The minimum Gasteiger partial charge on any atom is -0.457 e. The van der Waals surface area contributed by atoms with E-state index in [1.54, 1.807) is 6.33 Å². The van der Waals surface area contributed by atoms with Crippen molar-refractivity contribution < 1.29 is 4.74 Å². The number of aryl methyl sites for hydroxylation is 1. The number of hydrogen-bond donors (Lipinski definition) is 2. The third kappa shape index (κ3) is 6.07. The lowest BCUT2D eigenvalue weighted by molar-refractivity contribution is 0.476. The monoisotopic (exact) mass is 392 g/mol. The predicted octanol–water partition coefficient (Wildman–Crippen LogP) is 3.39. The van der Waals surface area contributed by atoms with Crippen LogP contribution < -0.4 is 15.4 Å². The molecule has 0 radical (unpaired) electrons. The van der Waals surface area contributed by atoms with Gasteiger partial charge in [-0.25, -0.2) is 4.99 Å². The molecule has 0 aliphatic carbocycles. The Morgan fingerprint density at radius 1 is 1.03 bits per heavy atom. The lowest BCUT2D eigenvalue weighted by Crippen LogP contribution is -2.38. The van der Waals surface area contributed by atoms with Crippen LogP contribution >= 0.6 is 0 Å². The molecule has 0 saturated heterocycles. The Labute approximate surface area is 171 Å². The van der Waals surface area contributed by atoms with Gasteiger partial charge in [-0.3, -0.25) is 0 Å². The first-order chi connectivity index (χ1) is 14.3. The van der Waals surface area contributed by atoms with Crippen molar-refractivity contribution >= 4 is 5.96 Å². The van der Waals surface area contributed by atoms with Crippen molar-refractivity contribution in [3.8, 4) is 11.5 Å². The first kappa shape index (κ1) is 20.4. The maximum atomic E-state index is 6.03. The molecule has 0 spiro atoms. The highest BCUT2D eigenvalue weighted by Crippen LogP contribution is 2.25. The summed E-state index contributed by atoms with van der Waals surface area (Å²) in [6, 6.07) is 17.8. The highest BCUT2D eigenvalue weighted by molar-refractivity contribution is 5.79. The summed E-state index contributed by atoms with van der Waals surface area (Å²) in [7, 11) is 0. The number of guanidine groups is 1. The van der Waals surface area contributed by atoms with Gasteiger partial charge < -0.3 is 19.9 Å². The molecule has 2 N–H and O–H groups in total. The molecule has 29 heavy (non-hydrogen) atoms. The van der Waals surface area contributed by atoms with Gasteiger partial charge in [-0.05, 0) is 25.1 Å². The van der Waals surface area contributed by atoms with Crippen molar-refractivity contribution in [3.63, 3.8) is 0 Å². The van der Waals surface area contributed by atoms with Crippen LogP contribution in [0.3, 0.4) is 0 Å². The van der Waals surface area contributed by atoms with E-state index < -0.39 is 0 Å². The topological polar surface area (TPSA) is 76.4 Å². The quantitative estimate of drug-likeness (QED) is 0.431. The van der Waals surface area contributed by atoms with Crippen molar-refractivity contribution in [3.05, 3.63) is 72.3 Å². The first-order valence-electron chi connectivity index (χ1n) is 9.99. The maximum absolute atomic E-state index is 6.03. The van der Waals surface area contributed by atoms with Crippen LogP contribution in [0.25, 0.3) is 0 Å². The number of aliphatic imine (C=N–C) groups is 1. The van der Waals surface area contributed by atoms with Crippen LogP contribution in [0.5, 0.6) is 11.5 Å². The summed E-state index contributed by atoms with van der Waals surface area (Å²) in [6.07, 6.45) is 2.63. The zero-order valence-electron chi connectivity index (χ0n) is 17.0. The van der Waals surface area contributed by atoms with Crippen LogP contribution in [0.15, 0.2) is 65.9 Å². The van der Waals surface area contributed by atoms with E-state index in [2.05, 4.69) is 39.2 Å². The van der Waals surface area contributed by atoms with E-state index in [1.807, 2.05) is 54.6 Å². The molecule has 0 unspecified atom stereocenters. The minimum absolute atomic E-state index is 0.519. The lowest BCUT2D eigenvalue weighted by Gasteiger charge is -2.13. The van der Waals surface area contributed by atoms with Gasteiger partial charge in [0.15, 0.2) is 5.96 Å². The van der Waals surface area contributed by atoms with E-state index in [0.29, 0.717) is 6.54 Å². The molecular weight excluding hydrogens is 364 g/mol. The second kappa shape index (κ2) is 10.8. The summed E-state index contributed by atoms with van der Waals surface area (Å²) < 4.78 is 8.09. The third-order valence-corrected chi connectivity index (χ3v) is 4.35. The van der Waals surface area contributed by atoms with Crippen molar-refractivity contribution in [2.45, 2.75) is 33.4 Å². The zero-order valence-corrected chi connectivity index (χ0v) is 17.0. The van der Waals surface area contributed by atoms with E-state index >= 15 is 0 Å². The molecule has 0 fully saturated rings. The number of nitrogens with zero attached hydrogens (tertiary/aromatic N) is 4. The van der Waals surface area contributed by atoms with Crippen molar-refractivity contribution in [1.82, 2.24) is 25.4 Å². The molecule has 0 amide bonds. The fourth-order valence-electron chi connectivity index (χ4n) is 2.89. The minimum atomic E-state index is 0.519. The second-order valence-corrected chi connectivity index (χ2v) is 6.44. The van der Waals surface area contributed by atoms with Crippen molar-refractivity contribution in [2.75, 3.05) is 13.1 Å². The first-order valence-corrected chi connectivity index (χ1v) is 9.99. The van der Waals surface area contributed by atoms with Gasteiger partial charge in [0.25, 0.3) is 0 Å². The average molecular weight is 393 g/mol. The highest BCUT2D eigenvalue weighted by Gasteiger charge is 2.06. The molecule has 3 aromatic rings. The molecular formula is C22H28N6O. The van der Waals surface area contributed by atoms with Gasteiger partial charge in [0.05, 0.1) is 6.54 Å². The Morgan fingerprint density at radius 2 is 1.83 bits per heavy atom. The predicted molar refractivity (Wildman–Crippen MR) is 115 cm³/mol. The summed E-state index contributed by atoms with van der Waals surface area (Å²) in [5, 5.41) is 14.7. The van der Waals surface area contributed by atoms with Gasteiger partial charge >= 0.3 is 0 Å². The summed E-state index contributed by atoms with van der Waals surface area (Å²) in [5.41, 5.74) is 1.03. The third-order valence-electron chi connectivity index (χ3n) is 4.35. The standard InChI is InChI=1S/C22H28N6O/c1-3-21-27-26-17-28(21)15-14-24-22(23-4-2)25-16-18-10-8-9-13-20(18)29-19-11-6-5-7-12-19/h5-13,17H,3-4,14-16H2,1-2H3,(H2,23,24,25). The number of aromatic nitrogens is 3. The van der Waals surface area contributed by atoms with Crippen LogP contribution in [0.2, 0.25) is 0 Å². The van der Waals surface area contributed by atoms with Gasteiger partial charge in [-0.1, -0.05) is 43.3 Å². The van der Waals surface area contributed by atoms with Crippen molar-refractivity contribution in [2.24, 2.45) is 4.99 Å². The maximum Gasteiger partial charge on any atom is 0.191 e. The SMILES string of the molecule is CCNC(=NCc1ccccc1Oc1ccccc1)NCCn1cnnc1CC. The molecule has 1 heterocycles. The van der Waals surface area contributed by atoms with Gasteiger partial charge in [-0.2, -0.15) is 0 Å². The van der Waals surface area contributed by atoms with E-state index in [9.17, 15) is 0 Å². The summed E-state index contributed by atoms with van der Waals surface area (Å²) in [4.78, 5) is 4.72. The zero-order chi connectivity index (χ0) is 20.3. The molecule has 2 aromatic carbocycles. The van der Waals surface area contributed by atoms with Crippen LogP contribution in [0.4, 0.5) is 0 Å². The lowest BCUT2D eigenvalue weighted by atomic mass is 10.2. The summed E-state index contributed by atoms with van der Waals surface area (Å²) in [6.45, 7) is 6.96. The van der Waals surface area contributed by atoms with Gasteiger partial charge in [0.2, 0.25) is 0 Å². The summed E-state index contributed by atoms with van der Waals surface area (Å²) in [5.74, 6) is 3.39. The Bertz CT molecular complexity index is 906. The van der Waals surface area contributed by atoms with Crippen LogP contribution in [0, 0.1) is 0 Å². The second-order valence-electron chi connectivity index (χ2n) is 6.44. The number of benzene rings is 2. The molecule has 7 heteroatoms. The van der Waals surface area contributed by atoms with Crippen LogP contribution in [-0.2, 0) is 19.5 Å². The molecule has 0 aliphatic rings. The van der Waals surface area contributed by atoms with Gasteiger partial charge in [-0.15, -0.1) is 10.2 Å². The van der Waals surface area contributed by atoms with Gasteiger partial charge in [0, 0.05) is 31.6 Å². The molecule has 152 valence electrons. The van der Waals surface area contributed by atoms with Crippen molar-refractivity contribution in [1.29, 1.82) is 0 Å². The normalized spacial score (nSPS) is 11.3. The van der Waals surface area contributed by atoms with Crippen LogP contribution in [-0.4, -0.2) is 33.8 Å². The van der Waals surface area contributed by atoms with Gasteiger partial charge in [0.1, 0.15) is 23.7 Å². The Balaban J connectivity index is 1.62. The smallest absolute Gasteiger partial charge is 0.191 e. The largest absolute Gasteiger partial charge is 0.457 e. The molecule has 0 saturated carbocycles. The fourth-order valence-corrected chi connectivity index (χ4v) is 2.89. The highest BCUT2D eigenvalue weighted by atomic mass is 16.5. The number of nitrogens with one attached hydrogen (secondary N) is 2. The van der Waals surface area contributed by atoms with E-state index in [-0.39, 0.29) is 0 Å². The number of hydrogen-bond acceptors (Lipinski definition) is 4. The number of rotatable bonds is 9.